The standard InChI is InChI=1S/C23H29N3O/c27-23(24-15-17-6-5-13-26-12-4-3-9-22(17)26)19-14-21(16-10-11-16)25-20-8-2-1-7-18(19)20/h1-2,7-8,14,16-17,22H,3-6,9-13,15H2,(H,24,27). The minimum absolute atomic E-state index is 0.0726. The maximum Gasteiger partial charge on any atom is 0.252 e. The van der Waals surface area contributed by atoms with Crippen molar-refractivity contribution >= 4 is 16.8 Å². The third kappa shape index (κ3) is 3.47. The molecule has 1 saturated carbocycles. The number of benzene rings is 1. The molecule has 5 rings (SSSR count). The molecular weight excluding hydrogens is 334 g/mol. The van der Waals surface area contributed by atoms with E-state index in [9.17, 15) is 4.79 Å². The Hall–Kier alpha value is -1.94. The van der Waals surface area contributed by atoms with Crippen molar-refractivity contribution in [3.63, 3.8) is 0 Å². The smallest absolute Gasteiger partial charge is 0.252 e. The van der Waals surface area contributed by atoms with Crippen molar-refractivity contribution in [2.75, 3.05) is 19.6 Å². The van der Waals surface area contributed by atoms with Crippen LogP contribution in [-0.2, 0) is 0 Å². The molecule has 27 heavy (non-hydrogen) atoms. The van der Waals surface area contributed by atoms with Crippen LogP contribution in [0.25, 0.3) is 10.9 Å². The second-order valence-corrected chi connectivity index (χ2v) is 8.60. The summed E-state index contributed by atoms with van der Waals surface area (Å²) in [5.41, 5.74) is 2.84. The molecule has 0 radical (unpaired) electrons. The lowest BCUT2D eigenvalue weighted by atomic mass is 9.83. The number of para-hydroxylation sites is 1. The van der Waals surface area contributed by atoms with E-state index < -0.39 is 0 Å². The average molecular weight is 364 g/mol. The number of carbonyl (C=O) groups excluding carboxylic acids is 1. The van der Waals surface area contributed by atoms with Gasteiger partial charge in [0.05, 0.1) is 11.1 Å². The lowest BCUT2D eigenvalue weighted by Gasteiger charge is -2.44. The Bertz CT molecular complexity index is 843. The number of amides is 1. The second-order valence-electron chi connectivity index (χ2n) is 8.60. The summed E-state index contributed by atoms with van der Waals surface area (Å²) in [5.74, 6) is 1.22. The number of aromatic nitrogens is 1. The van der Waals surface area contributed by atoms with Crippen LogP contribution in [-0.4, -0.2) is 41.5 Å². The number of fused-ring (bicyclic) bond motifs is 2. The Labute approximate surface area is 161 Å². The topological polar surface area (TPSA) is 45.2 Å². The number of nitrogens with one attached hydrogen (secondary N) is 1. The van der Waals surface area contributed by atoms with Crippen LogP contribution >= 0.6 is 0 Å². The number of carbonyl (C=O) groups is 1. The van der Waals surface area contributed by atoms with Gasteiger partial charge in [0.1, 0.15) is 0 Å². The number of rotatable bonds is 4. The predicted molar refractivity (Wildman–Crippen MR) is 108 cm³/mol. The van der Waals surface area contributed by atoms with Gasteiger partial charge in [-0.25, -0.2) is 0 Å². The summed E-state index contributed by atoms with van der Waals surface area (Å²) < 4.78 is 0. The number of nitrogens with zero attached hydrogens (tertiary/aromatic N) is 2. The van der Waals surface area contributed by atoms with E-state index in [1.165, 1.54) is 58.0 Å². The summed E-state index contributed by atoms with van der Waals surface area (Å²) in [6.07, 6.45) is 8.88. The molecule has 3 fully saturated rings. The zero-order chi connectivity index (χ0) is 18.2. The molecule has 2 aliphatic heterocycles. The Morgan fingerprint density at radius 3 is 2.81 bits per heavy atom. The van der Waals surface area contributed by atoms with Gasteiger partial charge in [0.2, 0.25) is 0 Å². The first-order valence-electron chi connectivity index (χ1n) is 10.7. The number of pyridine rings is 1. The average Bonchev–Trinajstić information content (AvgIpc) is 3.56. The summed E-state index contributed by atoms with van der Waals surface area (Å²) in [4.78, 5) is 20.6. The van der Waals surface area contributed by atoms with Gasteiger partial charge in [-0.05, 0) is 69.7 Å². The highest BCUT2D eigenvalue weighted by atomic mass is 16.1. The molecular formula is C23H29N3O. The molecule has 2 saturated heterocycles. The molecule has 2 atom stereocenters. The summed E-state index contributed by atoms with van der Waals surface area (Å²) >= 11 is 0. The summed E-state index contributed by atoms with van der Waals surface area (Å²) in [6.45, 7) is 3.29. The van der Waals surface area contributed by atoms with Gasteiger partial charge in [-0.2, -0.15) is 0 Å². The summed E-state index contributed by atoms with van der Waals surface area (Å²) in [6, 6.07) is 10.8. The van der Waals surface area contributed by atoms with E-state index in [4.69, 9.17) is 4.98 Å². The molecule has 3 aliphatic rings. The van der Waals surface area contributed by atoms with E-state index in [-0.39, 0.29) is 5.91 Å². The second kappa shape index (κ2) is 7.23. The van der Waals surface area contributed by atoms with E-state index in [1.807, 2.05) is 30.3 Å². The fourth-order valence-electron chi connectivity index (χ4n) is 5.11. The largest absolute Gasteiger partial charge is 0.352 e. The van der Waals surface area contributed by atoms with Crippen LogP contribution in [0.4, 0.5) is 0 Å². The predicted octanol–water partition coefficient (Wildman–Crippen LogP) is 4.11. The maximum absolute atomic E-state index is 13.1. The number of piperidine rings is 2. The van der Waals surface area contributed by atoms with Gasteiger partial charge in [-0.1, -0.05) is 24.6 Å². The first kappa shape index (κ1) is 17.2. The summed E-state index contributed by atoms with van der Waals surface area (Å²) in [5, 5.41) is 4.26. The summed E-state index contributed by atoms with van der Waals surface area (Å²) in [7, 11) is 0. The Balaban J connectivity index is 1.35. The van der Waals surface area contributed by atoms with Crippen LogP contribution < -0.4 is 5.32 Å². The first-order valence-corrected chi connectivity index (χ1v) is 10.7. The van der Waals surface area contributed by atoms with Crippen LogP contribution in [0, 0.1) is 5.92 Å². The molecule has 1 aromatic heterocycles. The van der Waals surface area contributed by atoms with Crippen molar-refractivity contribution in [2.45, 2.75) is 56.9 Å². The fraction of sp³-hybridized carbons (Fsp3) is 0.565. The Morgan fingerprint density at radius 2 is 1.93 bits per heavy atom. The molecule has 2 unspecified atom stereocenters. The van der Waals surface area contributed by atoms with E-state index >= 15 is 0 Å². The molecule has 2 aromatic rings. The monoisotopic (exact) mass is 363 g/mol. The molecule has 3 heterocycles. The zero-order valence-corrected chi connectivity index (χ0v) is 16.0. The quantitative estimate of drug-likeness (QED) is 0.889. The molecule has 1 amide bonds. The minimum Gasteiger partial charge on any atom is -0.352 e. The first-order chi connectivity index (χ1) is 13.3. The molecule has 142 valence electrons. The van der Waals surface area contributed by atoms with Gasteiger partial charge in [-0.3, -0.25) is 9.78 Å². The van der Waals surface area contributed by atoms with Crippen molar-refractivity contribution in [1.82, 2.24) is 15.2 Å². The zero-order valence-electron chi connectivity index (χ0n) is 16.0. The van der Waals surface area contributed by atoms with Gasteiger partial charge in [0.25, 0.3) is 5.91 Å². The molecule has 1 aromatic carbocycles. The lowest BCUT2D eigenvalue weighted by molar-refractivity contribution is 0.0576. The maximum atomic E-state index is 13.1. The number of hydrogen-bond donors (Lipinski definition) is 1. The molecule has 0 spiro atoms. The van der Waals surface area contributed by atoms with Crippen molar-refractivity contribution < 1.29 is 4.79 Å². The van der Waals surface area contributed by atoms with Crippen LogP contribution in [0.15, 0.2) is 30.3 Å². The third-order valence-electron chi connectivity index (χ3n) is 6.73. The van der Waals surface area contributed by atoms with Crippen LogP contribution in [0.5, 0.6) is 0 Å². The van der Waals surface area contributed by atoms with Gasteiger partial charge in [-0.15, -0.1) is 0 Å². The SMILES string of the molecule is O=C(NCC1CCCN2CCCCC12)c1cc(C2CC2)nc2ccccc12. The van der Waals surface area contributed by atoms with E-state index in [2.05, 4.69) is 10.2 Å². The van der Waals surface area contributed by atoms with Crippen molar-refractivity contribution in [2.24, 2.45) is 5.92 Å². The van der Waals surface area contributed by atoms with Crippen LogP contribution in [0.1, 0.15) is 66.9 Å². The lowest BCUT2D eigenvalue weighted by Crippen LogP contribution is -2.51. The normalized spacial score (nSPS) is 25.9. The molecule has 4 nitrogen and oxygen atoms in total. The molecule has 1 N–H and O–H groups in total. The van der Waals surface area contributed by atoms with E-state index in [0.717, 1.165) is 28.7 Å². The van der Waals surface area contributed by atoms with Crippen molar-refractivity contribution in [3.8, 4) is 0 Å². The van der Waals surface area contributed by atoms with Crippen molar-refractivity contribution in [3.05, 3.63) is 41.6 Å². The molecule has 0 bridgehead atoms. The van der Waals surface area contributed by atoms with Gasteiger partial charge in [0.15, 0.2) is 0 Å². The van der Waals surface area contributed by atoms with Gasteiger partial charge in [0, 0.05) is 29.6 Å². The highest BCUT2D eigenvalue weighted by molar-refractivity contribution is 6.06. The van der Waals surface area contributed by atoms with E-state index in [0.29, 0.717) is 17.9 Å². The highest BCUT2D eigenvalue weighted by Gasteiger charge is 2.33. The Kier molecular flexibility index (Phi) is 4.60. The van der Waals surface area contributed by atoms with Crippen LogP contribution in [0.2, 0.25) is 0 Å². The van der Waals surface area contributed by atoms with Crippen molar-refractivity contribution in [1.29, 1.82) is 0 Å². The van der Waals surface area contributed by atoms with Crippen LogP contribution in [0.3, 0.4) is 0 Å². The highest BCUT2D eigenvalue weighted by Crippen LogP contribution is 2.40. The molecule has 1 aliphatic carbocycles. The molecule has 4 heteroatoms. The fourth-order valence-corrected chi connectivity index (χ4v) is 5.11. The van der Waals surface area contributed by atoms with E-state index in [1.54, 1.807) is 0 Å². The van der Waals surface area contributed by atoms with Gasteiger partial charge >= 0.3 is 0 Å². The third-order valence-corrected chi connectivity index (χ3v) is 6.73. The number of hydrogen-bond acceptors (Lipinski definition) is 3. The Morgan fingerprint density at radius 1 is 1.07 bits per heavy atom. The van der Waals surface area contributed by atoms with Gasteiger partial charge < -0.3 is 10.2 Å². The minimum atomic E-state index is 0.0726.